The van der Waals surface area contributed by atoms with Crippen LogP contribution in [0, 0.1) is 6.92 Å². The maximum absolute atomic E-state index is 13.7. The molecule has 4 amide bonds. The van der Waals surface area contributed by atoms with Gasteiger partial charge in [-0.15, -0.1) is 0 Å². The monoisotopic (exact) mass is 673 g/mol. The summed E-state index contributed by atoms with van der Waals surface area (Å²) in [5, 5.41) is 12.7. The fraction of sp³-hybridized carbons (Fsp3) is 0.444. The number of amides is 4. The number of hydrogen-bond acceptors (Lipinski definition) is 8. The Morgan fingerprint density at radius 1 is 0.959 bits per heavy atom. The number of aryl methyl sites for hydroxylation is 1. The zero-order valence-electron chi connectivity index (χ0n) is 28.1. The predicted octanol–water partition coefficient (Wildman–Crippen LogP) is 3.94. The molecule has 0 radical (unpaired) electrons. The van der Waals surface area contributed by atoms with Crippen LogP contribution in [0.4, 0.5) is 4.79 Å². The van der Waals surface area contributed by atoms with Crippen molar-refractivity contribution in [3.8, 4) is 5.75 Å². The summed E-state index contributed by atoms with van der Waals surface area (Å²) in [5.41, 5.74) is 2.38. The molecule has 0 spiro atoms. The van der Waals surface area contributed by atoms with Crippen molar-refractivity contribution in [2.45, 2.75) is 64.6 Å². The van der Waals surface area contributed by atoms with Crippen LogP contribution < -0.4 is 10.1 Å². The number of carboxylic acids is 1. The highest BCUT2D eigenvalue weighted by atomic mass is 16.6. The fourth-order valence-corrected chi connectivity index (χ4v) is 6.35. The molecule has 0 saturated carbocycles. The SMILES string of the molecule is CCOC(=O)N1CCN(C(=O)C(CCC(=O)O)NC(=O)c2cc(O[C@H](C)C(=O)N3CCC[C@H]3c3ccccc3)c3ccc(C)cc3n2)CC1. The van der Waals surface area contributed by atoms with Gasteiger partial charge in [0.15, 0.2) is 6.10 Å². The maximum Gasteiger partial charge on any atom is 0.409 e. The van der Waals surface area contributed by atoms with E-state index in [0.717, 1.165) is 24.0 Å². The summed E-state index contributed by atoms with van der Waals surface area (Å²) < 4.78 is 11.3. The highest BCUT2D eigenvalue weighted by Crippen LogP contribution is 2.33. The second-order valence-electron chi connectivity index (χ2n) is 12.4. The van der Waals surface area contributed by atoms with E-state index < -0.39 is 36.0 Å². The highest BCUT2D eigenvalue weighted by Gasteiger charge is 2.34. The van der Waals surface area contributed by atoms with Gasteiger partial charge in [0, 0.05) is 50.6 Å². The minimum absolute atomic E-state index is 0.0451. The summed E-state index contributed by atoms with van der Waals surface area (Å²) in [5.74, 6) is -2.14. The Kier molecular flexibility index (Phi) is 11.3. The molecule has 2 saturated heterocycles. The third kappa shape index (κ3) is 8.45. The van der Waals surface area contributed by atoms with Crippen LogP contribution in [-0.2, 0) is 19.1 Å². The third-order valence-corrected chi connectivity index (χ3v) is 8.90. The Morgan fingerprint density at radius 3 is 2.37 bits per heavy atom. The number of nitrogens with one attached hydrogen (secondary N) is 1. The van der Waals surface area contributed by atoms with Gasteiger partial charge in [-0.25, -0.2) is 9.78 Å². The van der Waals surface area contributed by atoms with Crippen LogP contribution in [0.5, 0.6) is 5.75 Å². The summed E-state index contributed by atoms with van der Waals surface area (Å²) in [6, 6.07) is 15.7. The van der Waals surface area contributed by atoms with Gasteiger partial charge in [-0.1, -0.05) is 36.4 Å². The fourth-order valence-electron chi connectivity index (χ4n) is 6.35. The molecule has 3 atom stereocenters. The number of hydrogen-bond donors (Lipinski definition) is 2. The second kappa shape index (κ2) is 15.8. The van der Waals surface area contributed by atoms with E-state index in [0.29, 0.717) is 17.4 Å². The second-order valence-corrected chi connectivity index (χ2v) is 12.4. The van der Waals surface area contributed by atoms with Crippen molar-refractivity contribution in [3.05, 3.63) is 71.4 Å². The molecular formula is C36H43N5O8. The van der Waals surface area contributed by atoms with Gasteiger partial charge < -0.3 is 34.6 Å². The highest BCUT2D eigenvalue weighted by molar-refractivity contribution is 5.99. The molecule has 13 heteroatoms. The standard InChI is InChI=1S/C36H43N5O8/c1-4-48-36(47)40-19-17-39(18-20-40)35(46)27(14-15-32(42)43)38-33(44)29-22-31(26-13-12-23(2)21-28(26)37-29)49-24(3)34(45)41-16-8-11-30(41)25-9-6-5-7-10-25/h5-7,9-10,12-13,21-22,24,27,30H,4,8,11,14-20H2,1-3H3,(H,38,44)(H,42,43)/t24-,27?,30+/m1/s1. The van der Waals surface area contributed by atoms with E-state index in [4.69, 9.17) is 9.47 Å². The molecule has 2 aromatic carbocycles. The number of fused-ring (bicyclic) bond motifs is 1. The lowest BCUT2D eigenvalue weighted by Crippen LogP contribution is -2.56. The number of carboxylic acid groups (broad SMARTS) is 1. The van der Waals surface area contributed by atoms with Crippen molar-refractivity contribution in [3.63, 3.8) is 0 Å². The number of benzene rings is 2. The molecule has 1 unspecified atom stereocenters. The van der Waals surface area contributed by atoms with Crippen LogP contribution in [0.2, 0.25) is 0 Å². The Labute approximate surface area is 285 Å². The number of carbonyl (C=O) groups is 5. The van der Waals surface area contributed by atoms with Crippen molar-refractivity contribution in [2.75, 3.05) is 39.3 Å². The first-order chi connectivity index (χ1) is 23.5. The van der Waals surface area contributed by atoms with Gasteiger partial charge in [0.2, 0.25) is 5.91 Å². The molecule has 49 heavy (non-hydrogen) atoms. The van der Waals surface area contributed by atoms with Gasteiger partial charge in [-0.05, 0) is 63.3 Å². The van der Waals surface area contributed by atoms with Crippen molar-refractivity contribution in [1.29, 1.82) is 0 Å². The molecule has 2 N–H and O–H groups in total. The zero-order chi connectivity index (χ0) is 35.1. The molecule has 3 heterocycles. The van der Waals surface area contributed by atoms with Crippen molar-refractivity contribution in [1.82, 2.24) is 25.0 Å². The number of carbonyl (C=O) groups excluding carboxylic acids is 4. The lowest BCUT2D eigenvalue weighted by atomic mass is 10.0. The first-order valence-corrected chi connectivity index (χ1v) is 16.7. The summed E-state index contributed by atoms with van der Waals surface area (Å²) in [6.45, 7) is 7.04. The van der Waals surface area contributed by atoms with Crippen LogP contribution in [0.25, 0.3) is 10.9 Å². The van der Waals surface area contributed by atoms with E-state index in [-0.39, 0.29) is 69.0 Å². The van der Waals surface area contributed by atoms with Gasteiger partial charge in [-0.2, -0.15) is 0 Å². The van der Waals surface area contributed by atoms with E-state index in [9.17, 15) is 29.1 Å². The van der Waals surface area contributed by atoms with Crippen molar-refractivity contribution in [2.24, 2.45) is 0 Å². The number of aromatic nitrogens is 1. The van der Waals surface area contributed by atoms with Gasteiger partial charge in [0.05, 0.1) is 18.2 Å². The van der Waals surface area contributed by atoms with Crippen LogP contribution in [0.15, 0.2) is 54.6 Å². The summed E-state index contributed by atoms with van der Waals surface area (Å²) >= 11 is 0. The van der Waals surface area contributed by atoms with E-state index in [2.05, 4.69) is 10.3 Å². The number of pyridine rings is 1. The predicted molar refractivity (Wildman–Crippen MR) is 180 cm³/mol. The van der Waals surface area contributed by atoms with E-state index in [1.54, 1.807) is 19.9 Å². The molecule has 13 nitrogen and oxygen atoms in total. The molecule has 2 fully saturated rings. The zero-order valence-corrected chi connectivity index (χ0v) is 28.1. The third-order valence-electron chi connectivity index (χ3n) is 8.90. The summed E-state index contributed by atoms with van der Waals surface area (Å²) in [7, 11) is 0. The lowest BCUT2D eigenvalue weighted by molar-refractivity contribution is -0.139. The molecule has 2 aliphatic rings. The van der Waals surface area contributed by atoms with Crippen LogP contribution >= 0.6 is 0 Å². The van der Waals surface area contributed by atoms with Gasteiger partial charge >= 0.3 is 12.1 Å². The molecule has 3 aromatic rings. The first kappa shape index (κ1) is 35.1. The molecule has 0 bridgehead atoms. The first-order valence-electron chi connectivity index (χ1n) is 16.7. The van der Waals surface area contributed by atoms with Crippen LogP contribution in [0.1, 0.15) is 67.2 Å². The van der Waals surface area contributed by atoms with E-state index in [1.807, 2.05) is 54.3 Å². The van der Waals surface area contributed by atoms with Crippen molar-refractivity contribution < 1.29 is 38.6 Å². The Balaban J connectivity index is 1.35. The van der Waals surface area contributed by atoms with Gasteiger partial charge in [0.1, 0.15) is 17.5 Å². The number of nitrogens with zero attached hydrogens (tertiary/aromatic N) is 4. The Morgan fingerprint density at radius 2 is 1.67 bits per heavy atom. The molecule has 0 aliphatic carbocycles. The Hall–Kier alpha value is -5.20. The molecule has 5 rings (SSSR count). The number of piperazine rings is 1. The normalized spacial score (nSPS) is 17.4. The Bertz CT molecular complexity index is 1690. The minimum Gasteiger partial charge on any atom is -0.481 e. The van der Waals surface area contributed by atoms with Crippen LogP contribution in [-0.4, -0.2) is 106 Å². The summed E-state index contributed by atoms with van der Waals surface area (Å²) in [4.78, 5) is 74.0. The number of ether oxygens (including phenoxy) is 2. The molecule has 2 aliphatic heterocycles. The van der Waals surface area contributed by atoms with Crippen LogP contribution in [0.3, 0.4) is 0 Å². The van der Waals surface area contributed by atoms with E-state index in [1.165, 1.54) is 15.9 Å². The largest absolute Gasteiger partial charge is 0.481 e. The quantitative estimate of drug-likeness (QED) is 0.308. The molecular weight excluding hydrogens is 630 g/mol. The summed E-state index contributed by atoms with van der Waals surface area (Å²) in [6.07, 6.45) is -0.0924. The average molecular weight is 674 g/mol. The maximum atomic E-state index is 13.7. The smallest absolute Gasteiger partial charge is 0.409 e. The number of aliphatic carboxylic acids is 1. The van der Waals surface area contributed by atoms with E-state index >= 15 is 0 Å². The lowest BCUT2D eigenvalue weighted by Gasteiger charge is -2.35. The van der Waals surface area contributed by atoms with Gasteiger partial charge in [0.25, 0.3) is 11.8 Å². The number of rotatable bonds is 11. The minimum atomic E-state index is -1.15. The molecule has 1 aromatic heterocycles. The van der Waals surface area contributed by atoms with Crippen molar-refractivity contribution >= 4 is 40.7 Å². The average Bonchev–Trinajstić information content (AvgIpc) is 3.59. The number of likely N-dealkylation sites (tertiary alicyclic amines) is 1. The van der Waals surface area contributed by atoms with Gasteiger partial charge in [-0.3, -0.25) is 19.2 Å². The topological polar surface area (TPSA) is 159 Å². The molecule has 260 valence electrons.